The Morgan fingerprint density at radius 2 is 1.85 bits per heavy atom. The minimum Gasteiger partial charge on any atom is -0.494 e. The molecule has 0 atom stereocenters. The van der Waals surface area contributed by atoms with E-state index >= 15 is 0 Å². The highest BCUT2D eigenvalue weighted by Crippen LogP contribution is 2.22. The van der Waals surface area contributed by atoms with Crippen molar-refractivity contribution in [2.45, 2.75) is 27.2 Å². The van der Waals surface area contributed by atoms with Crippen molar-refractivity contribution < 1.29 is 9.53 Å². The van der Waals surface area contributed by atoms with Crippen molar-refractivity contribution in [1.29, 1.82) is 0 Å². The number of carbonyl (C=O) groups excluding carboxylic acids is 1. The topological polar surface area (TPSA) is 39.2 Å². The molecular formula is C17H19NO2. The monoisotopic (exact) mass is 269 g/mol. The molecule has 0 saturated heterocycles. The number of Topliss-reactive ketones (excluding diaryl/α,β-unsaturated/α-hetero) is 1. The van der Waals surface area contributed by atoms with Gasteiger partial charge in [0.1, 0.15) is 5.75 Å². The second-order valence-corrected chi connectivity index (χ2v) is 5.05. The largest absolute Gasteiger partial charge is 0.494 e. The van der Waals surface area contributed by atoms with Gasteiger partial charge in [0.05, 0.1) is 18.9 Å². The fourth-order valence-corrected chi connectivity index (χ4v) is 2.52. The molecule has 0 aliphatic heterocycles. The molecule has 104 valence electrons. The summed E-state index contributed by atoms with van der Waals surface area (Å²) in [5, 5.41) is 0. The fourth-order valence-electron chi connectivity index (χ4n) is 2.52. The Kier molecular flexibility index (Phi) is 4.18. The van der Waals surface area contributed by atoms with Crippen molar-refractivity contribution >= 4 is 5.78 Å². The number of ether oxygens (including phenoxy) is 1. The smallest absolute Gasteiger partial charge is 0.171 e. The van der Waals surface area contributed by atoms with Crippen LogP contribution in [0.5, 0.6) is 5.75 Å². The number of aryl methyl sites for hydroxylation is 3. The second-order valence-electron chi connectivity index (χ2n) is 5.05. The molecule has 0 bridgehead atoms. The van der Waals surface area contributed by atoms with Crippen LogP contribution in [-0.2, 0) is 6.42 Å². The molecule has 0 amide bonds. The van der Waals surface area contributed by atoms with Crippen molar-refractivity contribution in [2.75, 3.05) is 7.11 Å². The Bertz CT molecular complexity index is 624. The zero-order valence-corrected chi connectivity index (χ0v) is 12.4. The van der Waals surface area contributed by atoms with Gasteiger partial charge >= 0.3 is 0 Å². The number of carbonyl (C=O) groups is 1. The van der Waals surface area contributed by atoms with Gasteiger partial charge in [-0.3, -0.25) is 9.78 Å². The molecule has 0 N–H and O–H groups in total. The van der Waals surface area contributed by atoms with E-state index in [0.717, 1.165) is 16.7 Å². The van der Waals surface area contributed by atoms with Crippen LogP contribution in [0.3, 0.4) is 0 Å². The summed E-state index contributed by atoms with van der Waals surface area (Å²) < 4.78 is 5.20. The summed E-state index contributed by atoms with van der Waals surface area (Å²) in [6.07, 6.45) is 3.57. The third kappa shape index (κ3) is 2.87. The molecule has 0 radical (unpaired) electrons. The molecule has 0 fully saturated rings. The molecule has 0 unspecified atom stereocenters. The molecule has 2 aromatic rings. The van der Waals surface area contributed by atoms with Crippen molar-refractivity contribution in [3.8, 4) is 5.75 Å². The number of hydrogen-bond acceptors (Lipinski definition) is 3. The van der Waals surface area contributed by atoms with Crippen LogP contribution in [0, 0.1) is 20.8 Å². The Morgan fingerprint density at radius 1 is 1.20 bits per heavy atom. The molecule has 1 aromatic carbocycles. The minimum atomic E-state index is 0.0549. The first-order chi connectivity index (χ1) is 9.52. The second kappa shape index (κ2) is 5.87. The molecule has 3 heteroatoms. The molecule has 2 rings (SSSR count). The first-order valence-corrected chi connectivity index (χ1v) is 6.61. The third-order valence-electron chi connectivity index (χ3n) is 3.48. The van der Waals surface area contributed by atoms with Crippen LogP contribution in [0.4, 0.5) is 0 Å². The summed E-state index contributed by atoms with van der Waals surface area (Å²) in [5.74, 6) is 0.583. The van der Waals surface area contributed by atoms with Crippen molar-refractivity contribution in [3.05, 3.63) is 58.4 Å². The number of nitrogens with zero attached hydrogens (tertiary/aromatic N) is 1. The standard InChI is InChI=1S/C17H19NO2/c1-11-7-12(2)15(13(3)8-11)9-16(19)14-5-6-18-10-17(14)20-4/h5-8,10H,9H2,1-4H3. The van der Waals surface area contributed by atoms with Gasteiger partial charge in [0.15, 0.2) is 5.78 Å². The lowest BCUT2D eigenvalue weighted by Crippen LogP contribution is -2.08. The van der Waals surface area contributed by atoms with Crippen LogP contribution in [0.25, 0.3) is 0 Å². The molecule has 0 aliphatic rings. The Balaban J connectivity index is 2.33. The highest BCUT2D eigenvalue weighted by molar-refractivity contribution is 6.00. The average Bonchev–Trinajstić information content (AvgIpc) is 2.42. The number of hydrogen-bond donors (Lipinski definition) is 0. The molecule has 1 heterocycles. The van der Waals surface area contributed by atoms with E-state index in [2.05, 4.69) is 24.0 Å². The fraction of sp³-hybridized carbons (Fsp3) is 0.294. The van der Waals surface area contributed by atoms with Crippen LogP contribution in [-0.4, -0.2) is 17.9 Å². The van der Waals surface area contributed by atoms with Gasteiger partial charge in [-0.15, -0.1) is 0 Å². The third-order valence-corrected chi connectivity index (χ3v) is 3.48. The zero-order chi connectivity index (χ0) is 14.7. The summed E-state index contributed by atoms with van der Waals surface area (Å²) in [6.45, 7) is 6.16. The van der Waals surface area contributed by atoms with E-state index in [1.54, 1.807) is 25.6 Å². The van der Waals surface area contributed by atoms with E-state index in [0.29, 0.717) is 17.7 Å². The number of methoxy groups -OCH3 is 1. The number of rotatable bonds is 4. The number of pyridine rings is 1. The van der Waals surface area contributed by atoms with E-state index in [1.807, 2.05) is 13.8 Å². The lowest BCUT2D eigenvalue weighted by molar-refractivity contribution is 0.0989. The number of aromatic nitrogens is 1. The first-order valence-electron chi connectivity index (χ1n) is 6.61. The Hall–Kier alpha value is -2.16. The van der Waals surface area contributed by atoms with Crippen LogP contribution >= 0.6 is 0 Å². The summed E-state index contributed by atoms with van der Waals surface area (Å²) in [7, 11) is 1.55. The van der Waals surface area contributed by atoms with E-state index < -0.39 is 0 Å². The van der Waals surface area contributed by atoms with Crippen molar-refractivity contribution in [3.63, 3.8) is 0 Å². The van der Waals surface area contributed by atoms with Gasteiger partial charge in [-0.2, -0.15) is 0 Å². The van der Waals surface area contributed by atoms with Crippen LogP contribution in [0.2, 0.25) is 0 Å². The molecule has 0 saturated carbocycles. The molecule has 0 spiro atoms. The normalized spacial score (nSPS) is 10.4. The Morgan fingerprint density at radius 3 is 2.45 bits per heavy atom. The van der Waals surface area contributed by atoms with Gasteiger partial charge in [-0.1, -0.05) is 17.7 Å². The van der Waals surface area contributed by atoms with Gasteiger partial charge in [0.25, 0.3) is 0 Å². The van der Waals surface area contributed by atoms with Crippen LogP contribution < -0.4 is 4.74 Å². The predicted octanol–water partition coefficient (Wildman–Crippen LogP) is 3.44. The molecular weight excluding hydrogens is 250 g/mol. The quantitative estimate of drug-likeness (QED) is 0.798. The predicted molar refractivity (Wildman–Crippen MR) is 79.5 cm³/mol. The maximum atomic E-state index is 12.5. The highest BCUT2D eigenvalue weighted by Gasteiger charge is 2.15. The van der Waals surface area contributed by atoms with E-state index in [4.69, 9.17) is 4.74 Å². The summed E-state index contributed by atoms with van der Waals surface area (Å²) in [5.41, 5.74) is 5.21. The number of benzene rings is 1. The van der Waals surface area contributed by atoms with Gasteiger partial charge in [0, 0.05) is 12.6 Å². The lowest BCUT2D eigenvalue weighted by Gasteiger charge is -2.12. The highest BCUT2D eigenvalue weighted by atomic mass is 16.5. The summed E-state index contributed by atoms with van der Waals surface area (Å²) in [4.78, 5) is 16.5. The SMILES string of the molecule is COc1cnccc1C(=O)Cc1c(C)cc(C)cc1C. The number of ketones is 1. The van der Waals surface area contributed by atoms with Crippen molar-refractivity contribution in [2.24, 2.45) is 0 Å². The molecule has 3 nitrogen and oxygen atoms in total. The molecule has 1 aromatic heterocycles. The summed E-state index contributed by atoms with van der Waals surface area (Å²) in [6, 6.07) is 5.93. The average molecular weight is 269 g/mol. The van der Waals surface area contributed by atoms with Crippen LogP contribution in [0.15, 0.2) is 30.6 Å². The van der Waals surface area contributed by atoms with E-state index in [-0.39, 0.29) is 5.78 Å². The maximum Gasteiger partial charge on any atom is 0.171 e. The molecule has 0 aliphatic carbocycles. The van der Waals surface area contributed by atoms with Gasteiger partial charge < -0.3 is 4.74 Å². The van der Waals surface area contributed by atoms with Crippen LogP contribution in [0.1, 0.15) is 32.6 Å². The first kappa shape index (κ1) is 14.3. The Labute approximate surface area is 119 Å². The zero-order valence-electron chi connectivity index (χ0n) is 12.4. The summed E-state index contributed by atoms with van der Waals surface area (Å²) >= 11 is 0. The van der Waals surface area contributed by atoms with Crippen molar-refractivity contribution in [1.82, 2.24) is 4.98 Å². The maximum absolute atomic E-state index is 12.5. The van der Waals surface area contributed by atoms with E-state index in [1.165, 1.54) is 5.56 Å². The van der Waals surface area contributed by atoms with E-state index in [9.17, 15) is 4.79 Å². The van der Waals surface area contributed by atoms with Gasteiger partial charge in [-0.25, -0.2) is 0 Å². The molecule has 20 heavy (non-hydrogen) atoms. The van der Waals surface area contributed by atoms with Gasteiger partial charge in [-0.05, 0) is 43.5 Å². The minimum absolute atomic E-state index is 0.0549. The lowest BCUT2D eigenvalue weighted by atomic mass is 9.94. The van der Waals surface area contributed by atoms with Gasteiger partial charge in [0.2, 0.25) is 0 Å².